The van der Waals surface area contributed by atoms with Crippen molar-refractivity contribution < 1.29 is 4.79 Å². The van der Waals surface area contributed by atoms with E-state index in [0.717, 1.165) is 18.3 Å². The van der Waals surface area contributed by atoms with E-state index in [0.29, 0.717) is 12.0 Å². The molecule has 0 aromatic heterocycles. The van der Waals surface area contributed by atoms with Gasteiger partial charge in [0.2, 0.25) is 5.91 Å². The highest BCUT2D eigenvalue weighted by molar-refractivity contribution is 6.31. The normalized spacial score (nSPS) is 53.3. The molecule has 2 nitrogen and oxygen atoms in total. The summed E-state index contributed by atoms with van der Waals surface area (Å²) in [6.07, 6.45) is 4.93. The van der Waals surface area contributed by atoms with E-state index in [9.17, 15) is 4.79 Å². The number of hydrogen-bond donors (Lipinski definition) is 1. The standard InChI is InChI=1S/C10H14ClNO/c11-8-4-7-5-1-2-6(3-5)9(7)12-10(8)13/h5-9H,1-4H2,(H,12,13). The number of amides is 1. The predicted molar refractivity (Wildman–Crippen MR) is 50.5 cm³/mol. The summed E-state index contributed by atoms with van der Waals surface area (Å²) in [5, 5.41) is 2.83. The van der Waals surface area contributed by atoms with Gasteiger partial charge in [0.25, 0.3) is 0 Å². The number of fused-ring (bicyclic) bond motifs is 5. The van der Waals surface area contributed by atoms with Crippen molar-refractivity contribution >= 4 is 17.5 Å². The minimum absolute atomic E-state index is 0.0652. The molecule has 3 aliphatic rings. The number of piperidine rings is 1. The van der Waals surface area contributed by atoms with Crippen molar-refractivity contribution in [3.05, 3.63) is 0 Å². The molecule has 0 radical (unpaired) electrons. The Hall–Kier alpha value is -0.240. The van der Waals surface area contributed by atoms with Crippen LogP contribution in [0.4, 0.5) is 0 Å². The largest absolute Gasteiger partial charge is 0.352 e. The van der Waals surface area contributed by atoms with Gasteiger partial charge in [-0.05, 0) is 43.4 Å². The fourth-order valence-electron chi connectivity index (χ4n) is 3.58. The Morgan fingerprint density at radius 3 is 2.85 bits per heavy atom. The highest BCUT2D eigenvalue weighted by Crippen LogP contribution is 2.51. The van der Waals surface area contributed by atoms with Crippen LogP contribution in [0.15, 0.2) is 0 Å². The van der Waals surface area contributed by atoms with Crippen LogP contribution in [0.3, 0.4) is 0 Å². The molecule has 2 aliphatic carbocycles. The molecule has 0 aromatic rings. The third-order valence-corrected chi connectivity index (χ3v) is 4.54. The smallest absolute Gasteiger partial charge is 0.238 e. The SMILES string of the molecule is O=C1NC2C3CCC(C3)C2CC1Cl. The van der Waals surface area contributed by atoms with E-state index < -0.39 is 0 Å². The van der Waals surface area contributed by atoms with Gasteiger partial charge in [-0.1, -0.05) is 0 Å². The Balaban J connectivity index is 1.84. The third kappa shape index (κ3) is 1.04. The Kier molecular flexibility index (Phi) is 1.64. The molecule has 0 spiro atoms. The van der Waals surface area contributed by atoms with Crippen molar-refractivity contribution in [2.75, 3.05) is 0 Å². The topological polar surface area (TPSA) is 29.1 Å². The van der Waals surface area contributed by atoms with Crippen LogP contribution in [0.1, 0.15) is 25.7 Å². The molecule has 2 bridgehead atoms. The van der Waals surface area contributed by atoms with E-state index in [2.05, 4.69) is 5.32 Å². The van der Waals surface area contributed by atoms with Crippen LogP contribution >= 0.6 is 11.6 Å². The van der Waals surface area contributed by atoms with Gasteiger partial charge in [-0.3, -0.25) is 4.79 Å². The van der Waals surface area contributed by atoms with Crippen molar-refractivity contribution in [1.29, 1.82) is 0 Å². The first kappa shape index (κ1) is 8.10. The van der Waals surface area contributed by atoms with E-state index >= 15 is 0 Å². The molecule has 1 amide bonds. The fraction of sp³-hybridized carbons (Fsp3) is 0.900. The molecular formula is C10H14ClNO. The third-order valence-electron chi connectivity index (χ3n) is 4.16. The molecular weight excluding hydrogens is 186 g/mol. The quantitative estimate of drug-likeness (QED) is 0.589. The van der Waals surface area contributed by atoms with Gasteiger partial charge in [-0.2, -0.15) is 0 Å². The summed E-state index contributed by atoms with van der Waals surface area (Å²) in [5.41, 5.74) is 0. The van der Waals surface area contributed by atoms with Crippen LogP contribution in [0.2, 0.25) is 0 Å². The zero-order valence-corrected chi connectivity index (χ0v) is 8.26. The monoisotopic (exact) mass is 199 g/mol. The maximum absolute atomic E-state index is 11.4. The summed E-state index contributed by atoms with van der Waals surface area (Å²) in [4.78, 5) is 11.4. The molecule has 1 N–H and O–H groups in total. The van der Waals surface area contributed by atoms with Crippen LogP contribution in [-0.4, -0.2) is 17.3 Å². The van der Waals surface area contributed by atoms with Gasteiger partial charge in [0.05, 0.1) is 0 Å². The van der Waals surface area contributed by atoms with Gasteiger partial charge in [0.1, 0.15) is 5.38 Å². The molecule has 3 heteroatoms. The number of rotatable bonds is 0. The second-order valence-corrected chi connectivity index (χ2v) is 5.26. The molecule has 13 heavy (non-hydrogen) atoms. The van der Waals surface area contributed by atoms with Gasteiger partial charge in [0.15, 0.2) is 0 Å². The highest BCUT2D eigenvalue weighted by Gasteiger charge is 2.51. The number of alkyl halides is 1. The van der Waals surface area contributed by atoms with E-state index in [-0.39, 0.29) is 11.3 Å². The van der Waals surface area contributed by atoms with Crippen molar-refractivity contribution in [2.45, 2.75) is 37.1 Å². The number of carbonyl (C=O) groups is 1. The van der Waals surface area contributed by atoms with E-state index in [1.165, 1.54) is 19.3 Å². The van der Waals surface area contributed by atoms with E-state index in [4.69, 9.17) is 11.6 Å². The minimum Gasteiger partial charge on any atom is -0.352 e. The minimum atomic E-state index is -0.263. The zero-order valence-electron chi connectivity index (χ0n) is 7.50. The maximum Gasteiger partial charge on any atom is 0.238 e. The first-order chi connectivity index (χ1) is 6.25. The van der Waals surface area contributed by atoms with Gasteiger partial charge >= 0.3 is 0 Å². The van der Waals surface area contributed by atoms with Gasteiger partial charge < -0.3 is 5.32 Å². The van der Waals surface area contributed by atoms with Gasteiger partial charge in [-0.15, -0.1) is 11.6 Å². The number of hydrogen-bond acceptors (Lipinski definition) is 1. The lowest BCUT2D eigenvalue weighted by Crippen LogP contribution is -2.52. The zero-order chi connectivity index (χ0) is 9.00. The summed E-state index contributed by atoms with van der Waals surface area (Å²) in [5.74, 6) is 2.38. The molecule has 1 heterocycles. The Labute approximate surface area is 83.0 Å². The van der Waals surface area contributed by atoms with Crippen molar-refractivity contribution in [2.24, 2.45) is 17.8 Å². The number of nitrogens with one attached hydrogen (secondary N) is 1. The molecule has 3 rings (SSSR count). The van der Waals surface area contributed by atoms with Crippen molar-refractivity contribution in [3.63, 3.8) is 0 Å². The van der Waals surface area contributed by atoms with Gasteiger partial charge in [-0.25, -0.2) is 0 Å². The molecule has 5 unspecified atom stereocenters. The van der Waals surface area contributed by atoms with E-state index in [1.807, 2.05) is 0 Å². The Morgan fingerprint density at radius 2 is 2.00 bits per heavy atom. The maximum atomic E-state index is 11.4. The van der Waals surface area contributed by atoms with Crippen LogP contribution in [-0.2, 0) is 4.79 Å². The molecule has 3 fully saturated rings. The Morgan fingerprint density at radius 1 is 1.23 bits per heavy atom. The van der Waals surface area contributed by atoms with Crippen LogP contribution in [0.5, 0.6) is 0 Å². The second-order valence-electron chi connectivity index (χ2n) is 4.73. The first-order valence-electron chi connectivity index (χ1n) is 5.20. The number of halogens is 1. The van der Waals surface area contributed by atoms with Crippen molar-refractivity contribution in [3.8, 4) is 0 Å². The molecule has 1 aliphatic heterocycles. The fourth-order valence-corrected chi connectivity index (χ4v) is 3.84. The predicted octanol–water partition coefficient (Wildman–Crippen LogP) is 1.53. The first-order valence-corrected chi connectivity index (χ1v) is 5.64. The Bertz CT molecular complexity index is 255. The summed E-state index contributed by atoms with van der Waals surface area (Å²) >= 11 is 5.96. The van der Waals surface area contributed by atoms with Crippen LogP contribution in [0, 0.1) is 17.8 Å². The average Bonchev–Trinajstić information content (AvgIpc) is 2.67. The molecule has 2 saturated carbocycles. The molecule has 0 aromatic carbocycles. The summed E-state index contributed by atoms with van der Waals surface area (Å²) in [6.45, 7) is 0. The molecule has 1 saturated heterocycles. The number of carbonyl (C=O) groups excluding carboxylic acids is 1. The molecule has 72 valence electrons. The second kappa shape index (κ2) is 2.63. The summed E-state index contributed by atoms with van der Waals surface area (Å²) in [6, 6.07) is 0.473. The molecule has 5 atom stereocenters. The van der Waals surface area contributed by atoms with Gasteiger partial charge in [0, 0.05) is 6.04 Å². The van der Waals surface area contributed by atoms with Crippen LogP contribution < -0.4 is 5.32 Å². The lowest BCUT2D eigenvalue weighted by atomic mass is 9.79. The van der Waals surface area contributed by atoms with E-state index in [1.54, 1.807) is 0 Å². The summed E-state index contributed by atoms with van der Waals surface area (Å²) < 4.78 is 0. The average molecular weight is 200 g/mol. The lowest BCUT2D eigenvalue weighted by molar-refractivity contribution is -0.124. The van der Waals surface area contributed by atoms with Crippen molar-refractivity contribution in [1.82, 2.24) is 5.32 Å². The van der Waals surface area contributed by atoms with Crippen LogP contribution in [0.25, 0.3) is 0 Å². The lowest BCUT2D eigenvalue weighted by Gasteiger charge is -2.37. The summed E-state index contributed by atoms with van der Waals surface area (Å²) in [7, 11) is 0. The highest BCUT2D eigenvalue weighted by atomic mass is 35.5.